The van der Waals surface area contributed by atoms with Crippen molar-refractivity contribution in [2.45, 2.75) is 107 Å². The monoisotopic (exact) mass is 831 g/mol. The molecule has 0 aliphatic rings. The van der Waals surface area contributed by atoms with Gasteiger partial charge >= 0.3 is 0 Å². The number of carbonyl (C=O) groups excluding carboxylic acids is 4. The van der Waals surface area contributed by atoms with Crippen LogP contribution in [0.25, 0.3) is 0 Å². The predicted molar refractivity (Wildman–Crippen MR) is 217 cm³/mol. The Morgan fingerprint density at radius 1 is 0.386 bits per heavy atom. The molecule has 9 unspecified atom stereocenters. The minimum absolute atomic E-state index is 0.0135. The average molecular weight is 831 g/mol. The fraction of sp³-hybridized carbons (Fsp3) is 0.902. The maximum absolute atomic E-state index is 12.2. The molecule has 0 saturated carbocycles. The molecule has 0 aromatic heterocycles. The fourth-order valence-corrected chi connectivity index (χ4v) is 4.35. The van der Waals surface area contributed by atoms with Gasteiger partial charge in [-0.1, -0.05) is 55.4 Å². The van der Waals surface area contributed by atoms with E-state index in [2.05, 4.69) is 0 Å². The van der Waals surface area contributed by atoms with Gasteiger partial charge in [0.1, 0.15) is 23.1 Å². The summed E-state index contributed by atoms with van der Waals surface area (Å²) < 4.78 is 32.1. The van der Waals surface area contributed by atoms with E-state index in [4.69, 9.17) is 59.1 Å². The Hall–Kier alpha value is -1.80. The zero-order valence-electron chi connectivity index (χ0n) is 37.0. The highest BCUT2D eigenvalue weighted by molar-refractivity contribution is 5.83. The highest BCUT2D eigenvalue weighted by Gasteiger charge is 2.21. The maximum atomic E-state index is 12.2. The molecule has 0 bridgehead atoms. The molecule has 16 nitrogen and oxygen atoms in total. The minimum atomic E-state index is -0.345. The van der Waals surface area contributed by atoms with Gasteiger partial charge in [-0.05, 0) is 20.8 Å². The molecule has 0 aliphatic carbocycles. The number of ether oxygens (including phenoxy) is 6. The van der Waals surface area contributed by atoms with E-state index in [0.717, 1.165) is 0 Å². The molecule has 6 N–H and O–H groups in total. The maximum Gasteiger partial charge on any atom is 0.143 e. The van der Waals surface area contributed by atoms with Gasteiger partial charge in [-0.25, -0.2) is 0 Å². The largest absolute Gasteiger partial charge is 0.396 e. The van der Waals surface area contributed by atoms with Crippen LogP contribution < -0.4 is 0 Å². The topological polar surface area (TPSA) is 245 Å². The van der Waals surface area contributed by atoms with Crippen LogP contribution in [0.5, 0.6) is 0 Å². The van der Waals surface area contributed by atoms with Crippen LogP contribution in [0.1, 0.15) is 89.0 Å². The van der Waals surface area contributed by atoms with Crippen molar-refractivity contribution in [3.05, 3.63) is 0 Å². The van der Waals surface area contributed by atoms with Crippen molar-refractivity contribution in [2.75, 3.05) is 99.1 Å². The normalized spacial score (nSPS) is 15.7. The van der Waals surface area contributed by atoms with E-state index in [9.17, 15) is 19.2 Å². The van der Waals surface area contributed by atoms with Gasteiger partial charge in [0.15, 0.2) is 0 Å². The quantitative estimate of drug-likeness (QED) is 0.0568. The first-order chi connectivity index (χ1) is 26.9. The second-order valence-corrected chi connectivity index (χ2v) is 14.2. The van der Waals surface area contributed by atoms with Crippen molar-refractivity contribution in [1.29, 1.82) is 0 Å². The summed E-state index contributed by atoms with van der Waals surface area (Å²) in [5, 5.41) is 51.4. The van der Waals surface area contributed by atoms with E-state index in [-0.39, 0.29) is 130 Å². The van der Waals surface area contributed by atoms with Crippen molar-refractivity contribution in [3.8, 4) is 0 Å². The molecule has 0 spiro atoms. The Morgan fingerprint density at radius 2 is 0.649 bits per heavy atom. The lowest BCUT2D eigenvalue weighted by molar-refractivity contribution is -0.131. The van der Waals surface area contributed by atoms with E-state index in [0.29, 0.717) is 59.1 Å². The molecule has 0 fully saturated rings. The lowest BCUT2D eigenvalue weighted by atomic mass is 9.97. The van der Waals surface area contributed by atoms with E-state index < -0.39 is 0 Å². The third kappa shape index (κ3) is 38.2. The zero-order chi connectivity index (χ0) is 44.8. The van der Waals surface area contributed by atoms with Crippen LogP contribution >= 0.6 is 0 Å². The van der Waals surface area contributed by atoms with Crippen molar-refractivity contribution < 1.29 is 78.2 Å². The van der Waals surface area contributed by atoms with Crippen LogP contribution in [0.2, 0.25) is 0 Å². The fourth-order valence-electron chi connectivity index (χ4n) is 4.35. The van der Waals surface area contributed by atoms with Gasteiger partial charge in [-0.2, -0.15) is 0 Å². The lowest BCUT2D eigenvalue weighted by Gasteiger charge is -2.19. The standard InChI is InChI=1S/C17H34O7.C11H22O4.C7H14O3.C6H12O2/c1-13(9-21-11-15(3)23-7-5-18)17(20)14(2)10-22-12-16(4)24-8-6-19;1-4-11(13)9(2)7-14-8-10(3)15-6-5-12;1-5(3-8)7(10)6(2)4-9;1-3-6(8)5(2)4-7/h13-16,18-19H,5-12H2,1-4H3;9-10,12H,4-8H2,1-3H3;5-6,8-9H,3-4H2,1-2H3;5,7H,3-4H2,1-2H3. The van der Waals surface area contributed by atoms with Crippen LogP contribution in [0.15, 0.2) is 0 Å². The minimum Gasteiger partial charge on any atom is -0.396 e. The van der Waals surface area contributed by atoms with Gasteiger partial charge in [0.05, 0.1) is 117 Å². The van der Waals surface area contributed by atoms with Crippen LogP contribution in [-0.2, 0) is 47.6 Å². The molecule has 0 amide bonds. The van der Waals surface area contributed by atoms with Gasteiger partial charge in [0.25, 0.3) is 0 Å². The summed E-state index contributed by atoms with van der Waals surface area (Å²) in [5.74, 6) is -0.947. The van der Waals surface area contributed by atoms with Crippen molar-refractivity contribution in [1.82, 2.24) is 0 Å². The van der Waals surface area contributed by atoms with Gasteiger partial charge in [-0.3, -0.25) is 19.2 Å². The summed E-state index contributed by atoms with van der Waals surface area (Å²) in [7, 11) is 0. The Kier molecular flexibility index (Phi) is 45.9. The Bertz CT molecular complexity index is 912. The molecule has 0 radical (unpaired) electrons. The second-order valence-electron chi connectivity index (χ2n) is 14.2. The molecule has 57 heavy (non-hydrogen) atoms. The average Bonchev–Trinajstić information content (AvgIpc) is 3.22. The molecule has 16 heteroatoms. The molecule has 342 valence electrons. The first-order valence-electron chi connectivity index (χ1n) is 20.2. The number of hydrogen-bond donors (Lipinski definition) is 6. The molecule has 0 aromatic carbocycles. The van der Waals surface area contributed by atoms with Gasteiger partial charge in [0, 0.05) is 48.3 Å². The molecule has 0 saturated heterocycles. The molecular weight excluding hydrogens is 748 g/mol. The Labute approximate surface area is 342 Å². The van der Waals surface area contributed by atoms with Gasteiger partial charge in [0.2, 0.25) is 0 Å². The first-order valence-corrected chi connectivity index (χ1v) is 20.2. The molecule has 9 atom stereocenters. The SMILES string of the molecule is CC(CO)C(=O)C(C)CO.CC(COCC(C)C(=O)C(C)COCC(C)OCCO)OCCO.CCC(=O)C(C)CO.CCC(=O)C(C)COCC(C)OCCO. The zero-order valence-corrected chi connectivity index (χ0v) is 37.0. The van der Waals surface area contributed by atoms with Gasteiger partial charge < -0.3 is 59.1 Å². The predicted octanol–water partition coefficient (Wildman–Crippen LogP) is 2.08. The van der Waals surface area contributed by atoms with Crippen molar-refractivity contribution >= 4 is 23.1 Å². The van der Waals surface area contributed by atoms with Crippen LogP contribution in [0.4, 0.5) is 0 Å². The first kappa shape index (κ1) is 61.9. The number of aliphatic hydroxyl groups excluding tert-OH is 6. The Morgan fingerprint density at radius 3 is 0.895 bits per heavy atom. The summed E-state index contributed by atoms with van der Waals surface area (Å²) >= 11 is 0. The van der Waals surface area contributed by atoms with E-state index in [1.807, 2.05) is 48.5 Å². The highest BCUT2D eigenvalue weighted by Crippen LogP contribution is 2.10. The number of rotatable bonds is 32. The summed E-state index contributed by atoms with van der Waals surface area (Å²) in [6.07, 6.45) is 0.824. The molecule has 0 aliphatic heterocycles. The lowest BCUT2D eigenvalue weighted by Crippen LogP contribution is -2.29. The molecule has 0 rings (SSSR count). The van der Waals surface area contributed by atoms with Crippen LogP contribution in [-0.4, -0.2) is 171 Å². The number of hydrogen-bond acceptors (Lipinski definition) is 16. The number of aliphatic hydroxyl groups is 6. The number of ketones is 4. The third-order valence-electron chi connectivity index (χ3n) is 8.20. The number of carbonyl (C=O) groups is 4. The smallest absolute Gasteiger partial charge is 0.143 e. The van der Waals surface area contributed by atoms with E-state index in [1.54, 1.807) is 27.7 Å². The second kappa shape index (κ2) is 42.3. The highest BCUT2D eigenvalue weighted by atomic mass is 16.5. The van der Waals surface area contributed by atoms with Gasteiger partial charge in [-0.15, -0.1) is 0 Å². The Balaban J connectivity index is -0.000000362. The summed E-state index contributed by atoms with van der Waals surface area (Å²) in [6, 6.07) is 0. The molecule has 0 aromatic rings. The molecular formula is C41H82O16. The molecule has 0 heterocycles. The van der Waals surface area contributed by atoms with E-state index >= 15 is 0 Å². The summed E-state index contributed by atoms with van der Waals surface area (Å²) in [6.45, 7) is 22.8. The summed E-state index contributed by atoms with van der Waals surface area (Å²) in [4.78, 5) is 45.0. The number of Topliss-reactive ketones (excluding diaryl/α,β-unsaturated/α-hetero) is 4. The van der Waals surface area contributed by atoms with Crippen molar-refractivity contribution in [2.24, 2.45) is 35.5 Å². The third-order valence-corrected chi connectivity index (χ3v) is 8.20. The summed E-state index contributed by atoms with van der Waals surface area (Å²) in [5.41, 5.74) is 0. The van der Waals surface area contributed by atoms with Crippen LogP contribution in [0.3, 0.4) is 0 Å². The van der Waals surface area contributed by atoms with Crippen molar-refractivity contribution in [3.63, 3.8) is 0 Å². The van der Waals surface area contributed by atoms with E-state index in [1.165, 1.54) is 0 Å². The van der Waals surface area contributed by atoms with Crippen LogP contribution in [0, 0.1) is 35.5 Å².